The first-order chi connectivity index (χ1) is 11.2. The highest BCUT2D eigenvalue weighted by Crippen LogP contribution is 2.27. The molecule has 0 unspecified atom stereocenters. The zero-order valence-corrected chi connectivity index (χ0v) is 14.2. The van der Waals surface area contributed by atoms with Gasteiger partial charge in [0.15, 0.2) is 6.61 Å². The van der Waals surface area contributed by atoms with Crippen molar-refractivity contribution in [2.75, 3.05) is 6.61 Å². The third kappa shape index (κ3) is 4.32. The van der Waals surface area contributed by atoms with E-state index in [1.165, 1.54) is 22.6 Å². The molecule has 0 atom stereocenters. The first kappa shape index (κ1) is 16.0. The standard InChI is InChI=1S/C18H22N2O2S/c1-14-8-9-17(23-14)12-20(15-5-2-3-6-15)18(21)13-22-16-7-4-10-19-11-16/h4,7-11,15H,2-3,5-6,12-13H2,1H3. The first-order valence-corrected chi connectivity index (χ1v) is 8.91. The summed E-state index contributed by atoms with van der Waals surface area (Å²) in [4.78, 5) is 21.2. The van der Waals surface area contributed by atoms with Crippen LogP contribution in [0.1, 0.15) is 35.4 Å². The van der Waals surface area contributed by atoms with Crippen LogP contribution >= 0.6 is 11.3 Å². The van der Waals surface area contributed by atoms with Crippen molar-refractivity contribution in [3.8, 4) is 5.75 Å². The Morgan fingerprint density at radius 2 is 2.17 bits per heavy atom. The molecule has 1 aliphatic rings. The minimum Gasteiger partial charge on any atom is -0.482 e. The largest absolute Gasteiger partial charge is 0.482 e. The molecular formula is C18H22N2O2S. The summed E-state index contributed by atoms with van der Waals surface area (Å²) >= 11 is 1.76. The second-order valence-corrected chi connectivity index (χ2v) is 7.32. The number of carbonyl (C=O) groups is 1. The van der Waals surface area contributed by atoms with Crippen LogP contribution in [0.15, 0.2) is 36.7 Å². The van der Waals surface area contributed by atoms with Gasteiger partial charge in [0.2, 0.25) is 0 Å². The Kier molecular flexibility index (Phi) is 5.28. The molecule has 2 heterocycles. The SMILES string of the molecule is Cc1ccc(CN(C(=O)COc2cccnc2)C2CCCC2)s1. The molecule has 23 heavy (non-hydrogen) atoms. The number of nitrogens with zero attached hydrogens (tertiary/aromatic N) is 2. The van der Waals surface area contributed by atoms with Gasteiger partial charge in [0.1, 0.15) is 5.75 Å². The molecule has 4 nitrogen and oxygen atoms in total. The Balaban J connectivity index is 1.65. The monoisotopic (exact) mass is 330 g/mol. The number of pyridine rings is 1. The number of rotatable bonds is 6. The predicted octanol–water partition coefficient (Wildman–Crippen LogP) is 3.80. The highest BCUT2D eigenvalue weighted by atomic mass is 32.1. The van der Waals surface area contributed by atoms with Crippen molar-refractivity contribution in [3.05, 3.63) is 46.4 Å². The first-order valence-electron chi connectivity index (χ1n) is 8.10. The van der Waals surface area contributed by atoms with E-state index in [9.17, 15) is 4.79 Å². The molecule has 5 heteroatoms. The molecule has 3 rings (SSSR count). The zero-order chi connectivity index (χ0) is 16.1. The van der Waals surface area contributed by atoms with E-state index >= 15 is 0 Å². The number of aryl methyl sites for hydroxylation is 1. The summed E-state index contributed by atoms with van der Waals surface area (Å²) in [5, 5.41) is 0. The van der Waals surface area contributed by atoms with E-state index in [4.69, 9.17) is 4.74 Å². The van der Waals surface area contributed by atoms with Crippen molar-refractivity contribution >= 4 is 17.2 Å². The van der Waals surface area contributed by atoms with Crippen LogP contribution in [-0.2, 0) is 11.3 Å². The van der Waals surface area contributed by atoms with Gasteiger partial charge < -0.3 is 9.64 Å². The maximum Gasteiger partial charge on any atom is 0.261 e. The van der Waals surface area contributed by atoms with Crippen LogP contribution in [0.4, 0.5) is 0 Å². The maximum absolute atomic E-state index is 12.7. The average Bonchev–Trinajstić information content (AvgIpc) is 3.23. The summed E-state index contributed by atoms with van der Waals surface area (Å²) < 4.78 is 5.60. The van der Waals surface area contributed by atoms with Crippen LogP contribution in [-0.4, -0.2) is 28.4 Å². The van der Waals surface area contributed by atoms with Gasteiger partial charge >= 0.3 is 0 Å². The number of hydrogen-bond donors (Lipinski definition) is 0. The Morgan fingerprint density at radius 1 is 1.35 bits per heavy atom. The van der Waals surface area contributed by atoms with Crippen molar-refractivity contribution in [3.63, 3.8) is 0 Å². The van der Waals surface area contributed by atoms with Crippen LogP contribution in [0, 0.1) is 6.92 Å². The second-order valence-electron chi connectivity index (χ2n) is 5.95. The van der Waals surface area contributed by atoms with Crippen LogP contribution < -0.4 is 4.74 Å². The number of thiophene rings is 1. The minimum absolute atomic E-state index is 0.0619. The summed E-state index contributed by atoms with van der Waals surface area (Å²) in [7, 11) is 0. The molecule has 2 aromatic heterocycles. The van der Waals surface area contributed by atoms with Gasteiger partial charge in [-0.1, -0.05) is 12.8 Å². The van der Waals surface area contributed by atoms with E-state index in [2.05, 4.69) is 24.0 Å². The number of ether oxygens (including phenoxy) is 1. The lowest BCUT2D eigenvalue weighted by Gasteiger charge is -2.28. The lowest BCUT2D eigenvalue weighted by Crippen LogP contribution is -2.40. The van der Waals surface area contributed by atoms with Crippen molar-refractivity contribution in [1.29, 1.82) is 0 Å². The Morgan fingerprint density at radius 3 is 2.83 bits per heavy atom. The van der Waals surface area contributed by atoms with Crippen LogP contribution in [0.3, 0.4) is 0 Å². The Labute approximate surface area is 141 Å². The van der Waals surface area contributed by atoms with Gasteiger partial charge in [-0.25, -0.2) is 0 Å². The lowest BCUT2D eigenvalue weighted by atomic mass is 10.2. The fourth-order valence-corrected chi connectivity index (χ4v) is 3.92. The third-order valence-corrected chi connectivity index (χ3v) is 5.19. The van der Waals surface area contributed by atoms with E-state index in [-0.39, 0.29) is 12.5 Å². The molecule has 0 N–H and O–H groups in total. The van der Waals surface area contributed by atoms with E-state index in [0.29, 0.717) is 18.3 Å². The molecule has 122 valence electrons. The number of aromatic nitrogens is 1. The van der Waals surface area contributed by atoms with E-state index < -0.39 is 0 Å². The van der Waals surface area contributed by atoms with Crippen LogP contribution in [0.25, 0.3) is 0 Å². The summed E-state index contributed by atoms with van der Waals surface area (Å²) in [6, 6.07) is 8.22. The quantitative estimate of drug-likeness (QED) is 0.809. The zero-order valence-electron chi connectivity index (χ0n) is 13.4. The molecule has 0 bridgehead atoms. The number of amides is 1. The second kappa shape index (κ2) is 7.59. The highest BCUT2D eigenvalue weighted by Gasteiger charge is 2.27. The average molecular weight is 330 g/mol. The van der Waals surface area contributed by atoms with Gasteiger partial charge in [-0.3, -0.25) is 9.78 Å². The van der Waals surface area contributed by atoms with Gasteiger partial charge in [0.25, 0.3) is 5.91 Å². The summed E-state index contributed by atoms with van der Waals surface area (Å²) in [5.41, 5.74) is 0. The van der Waals surface area contributed by atoms with Gasteiger partial charge in [-0.2, -0.15) is 0 Å². The van der Waals surface area contributed by atoms with Gasteiger partial charge in [-0.05, 0) is 44.0 Å². The fraction of sp³-hybridized carbons (Fsp3) is 0.444. The molecule has 1 amide bonds. The maximum atomic E-state index is 12.7. The molecule has 1 fully saturated rings. The Bertz CT molecular complexity index is 635. The highest BCUT2D eigenvalue weighted by molar-refractivity contribution is 7.11. The lowest BCUT2D eigenvalue weighted by molar-refractivity contribution is -0.136. The molecule has 0 aromatic carbocycles. The third-order valence-electron chi connectivity index (χ3n) is 4.20. The number of carbonyl (C=O) groups excluding carboxylic acids is 1. The molecular weight excluding hydrogens is 308 g/mol. The molecule has 0 saturated heterocycles. The normalized spacial score (nSPS) is 14.8. The van der Waals surface area contributed by atoms with Crippen molar-refractivity contribution in [1.82, 2.24) is 9.88 Å². The molecule has 0 spiro atoms. The van der Waals surface area contributed by atoms with Gasteiger partial charge in [0, 0.05) is 22.0 Å². The minimum atomic E-state index is 0.0619. The summed E-state index contributed by atoms with van der Waals surface area (Å²) in [6.45, 7) is 2.87. The molecule has 1 aliphatic carbocycles. The Hall–Kier alpha value is -1.88. The molecule has 2 aromatic rings. The topological polar surface area (TPSA) is 42.4 Å². The van der Waals surface area contributed by atoms with Crippen molar-refractivity contribution in [2.45, 2.75) is 45.2 Å². The van der Waals surface area contributed by atoms with Crippen LogP contribution in [0.5, 0.6) is 5.75 Å². The molecule has 0 radical (unpaired) electrons. The number of hydrogen-bond acceptors (Lipinski definition) is 4. The van der Waals surface area contributed by atoms with Crippen molar-refractivity contribution < 1.29 is 9.53 Å². The molecule has 1 saturated carbocycles. The van der Waals surface area contributed by atoms with E-state index in [0.717, 1.165) is 12.8 Å². The van der Waals surface area contributed by atoms with Crippen molar-refractivity contribution in [2.24, 2.45) is 0 Å². The van der Waals surface area contributed by atoms with E-state index in [1.54, 1.807) is 23.7 Å². The smallest absolute Gasteiger partial charge is 0.261 e. The summed E-state index contributed by atoms with van der Waals surface area (Å²) in [5.74, 6) is 0.700. The van der Waals surface area contributed by atoms with E-state index in [1.807, 2.05) is 17.0 Å². The van der Waals surface area contributed by atoms with Gasteiger partial charge in [-0.15, -0.1) is 11.3 Å². The van der Waals surface area contributed by atoms with Crippen LogP contribution in [0.2, 0.25) is 0 Å². The fourth-order valence-electron chi connectivity index (χ4n) is 3.04. The molecule has 0 aliphatic heterocycles. The van der Waals surface area contributed by atoms with Gasteiger partial charge in [0.05, 0.1) is 12.7 Å². The predicted molar refractivity (Wildman–Crippen MR) is 91.6 cm³/mol. The summed E-state index contributed by atoms with van der Waals surface area (Å²) in [6.07, 6.45) is 7.95.